The number of rotatable bonds is 5. The van der Waals surface area contributed by atoms with E-state index in [1.54, 1.807) is 11.6 Å². The van der Waals surface area contributed by atoms with Crippen molar-refractivity contribution in [2.75, 3.05) is 19.6 Å². The van der Waals surface area contributed by atoms with Gasteiger partial charge in [-0.15, -0.1) is 0 Å². The van der Waals surface area contributed by atoms with Gasteiger partial charge in [0.25, 0.3) is 5.56 Å². The summed E-state index contributed by atoms with van der Waals surface area (Å²) in [6, 6.07) is 2.21. The van der Waals surface area contributed by atoms with Crippen LogP contribution in [-0.4, -0.2) is 45.2 Å². The van der Waals surface area contributed by atoms with Gasteiger partial charge in [0.05, 0.1) is 5.69 Å². The van der Waals surface area contributed by atoms with E-state index in [4.69, 9.17) is 0 Å². The SMILES string of the molecule is CCCN(Cc1cc(=O)n2ncsc2n1)C1CCNCC1. The molecule has 1 aliphatic heterocycles. The molecule has 1 saturated heterocycles. The van der Waals surface area contributed by atoms with Crippen LogP contribution < -0.4 is 10.9 Å². The third kappa shape index (κ3) is 3.30. The zero-order valence-corrected chi connectivity index (χ0v) is 13.1. The molecule has 0 unspecified atom stereocenters. The molecule has 1 N–H and O–H groups in total. The first-order chi connectivity index (χ1) is 10.3. The number of hydrogen-bond donors (Lipinski definition) is 1. The Hall–Kier alpha value is -1.31. The summed E-state index contributed by atoms with van der Waals surface area (Å²) in [6.45, 7) is 6.16. The molecule has 2 aromatic heterocycles. The Morgan fingerprint density at radius 2 is 2.29 bits per heavy atom. The molecule has 6 nitrogen and oxygen atoms in total. The molecule has 0 spiro atoms. The van der Waals surface area contributed by atoms with Gasteiger partial charge >= 0.3 is 0 Å². The Morgan fingerprint density at radius 1 is 1.48 bits per heavy atom. The molecule has 7 heteroatoms. The lowest BCUT2D eigenvalue weighted by molar-refractivity contribution is 0.152. The van der Waals surface area contributed by atoms with Crippen LogP contribution >= 0.6 is 11.3 Å². The molecule has 2 aromatic rings. The second kappa shape index (κ2) is 6.64. The normalized spacial score (nSPS) is 16.9. The molecule has 0 atom stereocenters. The molecule has 3 heterocycles. The molecule has 1 aliphatic rings. The predicted molar refractivity (Wildman–Crippen MR) is 83.7 cm³/mol. The Labute approximate surface area is 127 Å². The molecular weight excluding hydrogens is 286 g/mol. The van der Waals surface area contributed by atoms with Gasteiger partial charge in [-0.2, -0.15) is 9.61 Å². The van der Waals surface area contributed by atoms with Gasteiger partial charge in [0.2, 0.25) is 4.96 Å². The fourth-order valence-corrected chi connectivity index (χ4v) is 3.58. The maximum Gasteiger partial charge on any atom is 0.275 e. The van der Waals surface area contributed by atoms with Crippen molar-refractivity contribution >= 4 is 16.3 Å². The summed E-state index contributed by atoms with van der Waals surface area (Å²) >= 11 is 1.40. The van der Waals surface area contributed by atoms with E-state index in [1.165, 1.54) is 28.7 Å². The van der Waals surface area contributed by atoms with Crippen molar-refractivity contribution in [3.63, 3.8) is 0 Å². The first-order valence-corrected chi connectivity index (χ1v) is 8.43. The van der Waals surface area contributed by atoms with E-state index in [0.29, 0.717) is 11.0 Å². The molecule has 0 radical (unpaired) electrons. The summed E-state index contributed by atoms with van der Waals surface area (Å²) in [4.78, 5) is 19.7. The maximum absolute atomic E-state index is 12.0. The minimum absolute atomic E-state index is 0.0852. The molecule has 1 fully saturated rings. The fourth-order valence-electron chi connectivity index (χ4n) is 2.94. The largest absolute Gasteiger partial charge is 0.317 e. The number of nitrogens with one attached hydrogen (secondary N) is 1. The number of piperidine rings is 1. The highest BCUT2D eigenvalue weighted by Crippen LogP contribution is 2.15. The van der Waals surface area contributed by atoms with Crippen molar-refractivity contribution < 1.29 is 0 Å². The summed E-state index contributed by atoms with van der Waals surface area (Å²) < 4.78 is 1.36. The second-order valence-corrected chi connectivity index (χ2v) is 6.28. The molecule has 114 valence electrons. The van der Waals surface area contributed by atoms with E-state index in [9.17, 15) is 4.79 Å². The van der Waals surface area contributed by atoms with Crippen LogP contribution in [0.3, 0.4) is 0 Å². The number of aromatic nitrogens is 3. The van der Waals surface area contributed by atoms with E-state index in [0.717, 1.165) is 38.3 Å². The average molecular weight is 307 g/mol. The van der Waals surface area contributed by atoms with Crippen LogP contribution in [0.4, 0.5) is 0 Å². The summed E-state index contributed by atoms with van der Waals surface area (Å²) in [5, 5.41) is 7.41. The standard InChI is InChI=1S/C14H21N5OS/c1-2-7-18(12-3-5-15-6-4-12)9-11-8-13(20)19-14(17-11)21-10-16-19/h8,10,12,15H,2-7,9H2,1H3. The zero-order chi connectivity index (χ0) is 14.7. The van der Waals surface area contributed by atoms with Crippen LogP contribution in [-0.2, 0) is 6.54 Å². The minimum Gasteiger partial charge on any atom is -0.317 e. The number of nitrogens with zero attached hydrogens (tertiary/aromatic N) is 4. The maximum atomic E-state index is 12.0. The third-order valence-electron chi connectivity index (χ3n) is 3.94. The first-order valence-electron chi connectivity index (χ1n) is 7.55. The van der Waals surface area contributed by atoms with Crippen molar-refractivity contribution in [1.82, 2.24) is 24.8 Å². The van der Waals surface area contributed by atoms with Crippen molar-refractivity contribution in [2.45, 2.75) is 38.8 Å². The Kier molecular flexibility index (Phi) is 4.62. The lowest BCUT2D eigenvalue weighted by Gasteiger charge is -2.34. The van der Waals surface area contributed by atoms with Crippen LogP contribution in [0.5, 0.6) is 0 Å². The van der Waals surface area contributed by atoms with E-state index >= 15 is 0 Å². The van der Waals surface area contributed by atoms with Crippen LogP contribution in [0.1, 0.15) is 31.9 Å². The van der Waals surface area contributed by atoms with Crippen LogP contribution in [0, 0.1) is 0 Å². The van der Waals surface area contributed by atoms with E-state index in [-0.39, 0.29) is 5.56 Å². The highest BCUT2D eigenvalue weighted by atomic mass is 32.1. The summed E-state index contributed by atoms with van der Waals surface area (Å²) in [5.41, 5.74) is 2.43. The van der Waals surface area contributed by atoms with Gasteiger partial charge in [-0.05, 0) is 38.9 Å². The molecular formula is C14H21N5OS. The van der Waals surface area contributed by atoms with Gasteiger partial charge < -0.3 is 5.32 Å². The van der Waals surface area contributed by atoms with Crippen LogP contribution in [0.2, 0.25) is 0 Å². The lowest BCUT2D eigenvalue weighted by Crippen LogP contribution is -2.43. The van der Waals surface area contributed by atoms with Gasteiger partial charge in [-0.1, -0.05) is 18.3 Å². The topological polar surface area (TPSA) is 62.5 Å². The molecule has 0 amide bonds. The monoisotopic (exact) mass is 307 g/mol. The summed E-state index contributed by atoms with van der Waals surface area (Å²) in [5.74, 6) is 0. The van der Waals surface area contributed by atoms with Gasteiger partial charge in [-0.25, -0.2) is 4.98 Å². The Morgan fingerprint density at radius 3 is 3.05 bits per heavy atom. The lowest BCUT2D eigenvalue weighted by atomic mass is 10.0. The molecule has 0 aromatic carbocycles. The van der Waals surface area contributed by atoms with Crippen molar-refractivity contribution in [2.24, 2.45) is 0 Å². The quantitative estimate of drug-likeness (QED) is 0.897. The third-order valence-corrected chi connectivity index (χ3v) is 4.62. The molecule has 3 rings (SSSR count). The van der Waals surface area contributed by atoms with Gasteiger partial charge in [0.1, 0.15) is 5.51 Å². The van der Waals surface area contributed by atoms with Gasteiger partial charge in [0.15, 0.2) is 0 Å². The van der Waals surface area contributed by atoms with Gasteiger partial charge in [0, 0.05) is 18.7 Å². The first kappa shape index (κ1) is 14.6. The van der Waals surface area contributed by atoms with E-state index in [2.05, 4.69) is 27.2 Å². The number of hydrogen-bond acceptors (Lipinski definition) is 6. The zero-order valence-electron chi connectivity index (χ0n) is 12.3. The van der Waals surface area contributed by atoms with Crippen molar-refractivity contribution in [1.29, 1.82) is 0 Å². The van der Waals surface area contributed by atoms with Crippen LogP contribution in [0.15, 0.2) is 16.4 Å². The molecule has 0 saturated carbocycles. The smallest absolute Gasteiger partial charge is 0.275 e. The summed E-state index contributed by atoms with van der Waals surface area (Å²) in [7, 11) is 0. The molecule has 0 bridgehead atoms. The molecule has 0 aliphatic carbocycles. The Balaban J connectivity index is 1.81. The van der Waals surface area contributed by atoms with Crippen LogP contribution in [0.25, 0.3) is 4.96 Å². The fraction of sp³-hybridized carbons (Fsp3) is 0.643. The average Bonchev–Trinajstić information content (AvgIpc) is 2.97. The number of fused-ring (bicyclic) bond motifs is 1. The Bertz CT molecular complexity index is 646. The second-order valence-electron chi connectivity index (χ2n) is 5.47. The van der Waals surface area contributed by atoms with Gasteiger partial charge in [-0.3, -0.25) is 9.69 Å². The predicted octanol–water partition coefficient (Wildman–Crippen LogP) is 1.11. The van der Waals surface area contributed by atoms with Crippen molar-refractivity contribution in [3.8, 4) is 0 Å². The van der Waals surface area contributed by atoms with E-state index < -0.39 is 0 Å². The highest BCUT2D eigenvalue weighted by molar-refractivity contribution is 7.14. The van der Waals surface area contributed by atoms with E-state index in [1.807, 2.05) is 0 Å². The summed E-state index contributed by atoms with van der Waals surface area (Å²) in [6.07, 6.45) is 3.45. The highest BCUT2D eigenvalue weighted by Gasteiger charge is 2.21. The minimum atomic E-state index is -0.0852. The molecule has 21 heavy (non-hydrogen) atoms. The van der Waals surface area contributed by atoms with Crippen molar-refractivity contribution in [3.05, 3.63) is 27.6 Å².